The molecule has 0 aliphatic carbocycles. The number of esters is 1. The molecule has 0 unspecified atom stereocenters. The lowest BCUT2D eigenvalue weighted by Gasteiger charge is -2.08. The first-order valence-electron chi connectivity index (χ1n) is 10.6. The van der Waals surface area contributed by atoms with Crippen LogP contribution in [0.25, 0.3) is 0 Å². The van der Waals surface area contributed by atoms with Crippen LogP contribution in [0.4, 0.5) is 0 Å². The monoisotopic (exact) mass is 458 g/mol. The molecule has 180 valence electrons. The standard InChI is InChI=1S/C20H39ClO9/c1-2-3-20(22)30-19-18-29-17-16-28-15-14-27-13-12-26-11-10-25-9-8-24-7-6-23-5-4-21/h2-19H2,1H3. The van der Waals surface area contributed by atoms with Crippen LogP contribution in [0, 0.1) is 0 Å². The Bertz CT molecular complexity index is 348. The third-order valence-corrected chi connectivity index (χ3v) is 3.55. The quantitative estimate of drug-likeness (QED) is 0.115. The fraction of sp³-hybridized carbons (Fsp3) is 0.950. The Labute approximate surface area is 185 Å². The Hall–Kier alpha value is -0.520. The van der Waals surface area contributed by atoms with Crippen molar-refractivity contribution in [1.29, 1.82) is 0 Å². The Morgan fingerprint density at radius 3 is 1.13 bits per heavy atom. The zero-order valence-corrected chi connectivity index (χ0v) is 19.0. The molecule has 0 N–H and O–H groups in total. The maximum Gasteiger partial charge on any atom is 0.305 e. The minimum absolute atomic E-state index is 0.184. The molecule has 0 fully saturated rings. The Kier molecular flexibility index (Phi) is 26.1. The molecule has 0 rings (SSSR count). The molecule has 0 amide bonds. The van der Waals surface area contributed by atoms with Crippen LogP contribution in [0.15, 0.2) is 0 Å². The number of carbonyl (C=O) groups is 1. The van der Waals surface area contributed by atoms with Crippen molar-refractivity contribution < 1.29 is 42.7 Å². The van der Waals surface area contributed by atoms with Crippen LogP contribution >= 0.6 is 11.6 Å². The lowest BCUT2D eigenvalue weighted by molar-refractivity contribution is -0.145. The molecular weight excluding hydrogens is 420 g/mol. The van der Waals surface area contributed by atoms with E-state index in [-0.39, 0.29) is 12.6 Å². The van der Waals surface area contributed by atoms with Crippen molar-refractivity contribution in [3.63, 3.8) is 0 Å². The normalized spacial score (nSPS) is 11.1. The van der Waals surface area contributed by atoms with Gasteiger partial charge in [-0.25, -0.2) is 0 Å². The largest absolute Gasteiger partial charge is 0.463 e. The van der Waals surface area contributed by atoms with Gasteiger partial charge in [-0.05, 0) is 6.42 Å². The molecule has 0 spiro atoms. The van der Waals surface area contributed by atoms with E-state index in [9.17, 15) is 4.79 Å². The molecule has 0 aliphatic heterocycles. The van der Waals surface area contributed by atoms with Crippen LogP contribution in [0.3, 0.4) is 0 Å². The van der Waals surface area contributed by atoms with Gasteiger partial charge in [0, 0.05) is 12.3 Å². The van der Waals surface area contributed by atoms with E-state index in [0.717, 1.165) is 6.42 Å². The second-order valence-corrected chi connectivity index (χ2v) is 6.32. The predicted octanol–water partition coefficient (Wildman–Crippen LogP) is 1.68. The molecule has 0 bridgehead atoms. The summed E-state index contributed by atoms with van der Waals surface area (Å²) in [6.07, 6.45) is 1.24. The number of ether oxygens (including phenoxy) is 8. The first-order chi connectivity index (χ1) is 14.8. The van der Waals surface area contributed by atoms with Gasteiger partial charge >= 0.3 is 5.97 Å². The molecule has 0 heterocycles. The highest BCUT2D eigenvalue weighted by Crippen LogP contribution is 1.91. The molecule has 0 aliphatic rings. The first-order valence-corrected chi connectivity index (χ1v) is 11.1. The average molecular weight is 459 g/mol. The third-order valence-electron chi connectivity index (χ3n) is 3.40. The predicted molar refractivity (Wildman–Crippen MR) is 112 cm³/mol. The van der Waals surface area contributed by atoms with Crippen molar-refractivity contribution in [2.75, 3.05) is 105 Å². The van der Waals surface area contributed by atoms with E-state index >= 15 is 0 Å². The van der Waals surface area contributed by atoms with Gasteiger partial charge in [0.1, 0.15) is 6.61 Å². The van der Waals surface area contributed by atoms with Crippen molar-refractivity contribution in [3.05, 3.63) is 0 Å². The van der Waals surface area contributed by atoms with Crippen LogP contribution < -0.4 is 0 Å². The summed E-state index contributed by atoms with van der Waals surface area (Å²) < 4.78 is 42.3. The summed E-state index contributed by atoms with van der Waals surface area (Å²) in [5.41, 5.74) is 0. The van der Waals surface area contributed by atoms with Gasteiger partial charge in [-0.1, -0.05) is 6.92 Å². The fourth-order valence-electron chi connectivity index (χ4n) is 1.97. The molecule has 9 nitrogen and oxygen atoms in total. The van der Waals surface area contributed by atoms with Crippen LogP contribution in [0.2, 0.25) is 0 Å². The minimum atomic E-state index is -0.184. The number of carbonyl (C=O) groups excluding carboxylic acids is 1. The molecule has 0 saturated heterocycles. The van der Waals surface area contributed by atoms with Gasteiger partial charge in [0.05, 0.1) is 92.5 Å². The van der Waals surface area contributed by atoms with Crippen molar-refractivity contribution >= 4 is 17.6 Å². The lowest BCUT2D eigenvalue weighted by Crippen LogP contribution is -2.15. The highest BCUT2D eigenvalue weighted by Gasteiger charge is 1.99. The minimum Gasteiger partial charge on any atom is -0.463 e. The van der Waals surface area contributed by atoms with Crippen LogP contribution in [0.1, 0.15) is 19.8 Å². The van der Waals surface area contributed by atoms with E-state index in [1.54, 1.807) is 0 Å². The van der Waals surface area contributed by atoms with Gasteiger partial charge < -0.3 is 37.9 Å². The highest BCUT2D eigenvalue weighted by molar-refractivity contribution is 6.17. The summed E-state index contributed by atoms with van der Waals surface area (Å²) >= 11 is 5.48. The smallest absolute Gasteiger partial charge is 0.305 e. The fourth-order valence-corrected chi connectivity index (χ4v) is 2.08. The SMILES string of the molecule is CCCC(=O)OCCOCCOCCOCCOCCOCCOCCOCCCl. The van der Waals surface area contributed by atoms with Crippen molar-refractivity contribution in [1.82, 2.24) is 0 Å². The van der Waals surface area contributed by atoms with E-state index in [2.05, 4.69) is 0 Å². The van der Waals surface area contributed by atoms with Crippen molar-refractivity contribution in [2.24, 2.45) is 0 Å². The average Bonchev–Trinajstić information content (AvgIpc) is 2.74. The number of hydrogen-bond donors (Lipinski definition) is 0. The maximum atomic E-state index is 11.1. The number of rotatable bonds is 25. The summed E-state index contributed by atoms with van der Waals surface area (Å²) in [4.78, 5) is 11.1. The summed E-state index contributed by atoms with van der Waals surface area (Å²) in [6, 6.07) is 0. The molecule has 30 heavy (non-hydrogen) atoms. The van der Waals surface area contributed by atoms with Crippen molar-refractivity contribution in [2.45, 2.75) is 19.8 Å². The zero-order valence-electron chi connectivity index (χ0n) is 18.3. The van der Waals surface area contributed by atoms with Crippen molar-refractivity contribution in [3.8, 4) is 0 Å². The van der Waals surface area contributed by atoms with Gasteiger partial charge in [-0.15, -0.1) is 11.6 Å². The van der Waals surface area contributed by atoms with E-state index in [4.69, 9.17) is 49.5 Å². The third kappa shape index (κ3) is 25.5. The number of halogens is 1. The second kappa shape index (κ2) is 26.5. The van der Waals surface area contributed by atoms with Gasteiger partial charge in [0.2, 0.25) is 0 Å². The topological polar surface area (TPSA) is 90.9 Å². The maximum absolute atomic E-state index is 11.1. The van der Waals surface area contributed by atoms with E-state index < -0.39 is 0 Å². The summed E-state index contributed by atoms with van der Waals surface area (Å²) in [7, 11) is 0. The molecular formula is C20H39ClO9. The molecule has 0 saturated carbocycles. The lowest BCUT2D eigenvalue weighted by atomic mass is 10.3. The number of alkyl halides is 1. The second-order valence-electron chi connectivity index (χ2n) is 5.95. The summed E-state index contributed by atoms with van der Waals surface area (Å²) in [5, 5.41) is 0. The van der Waals surface area contributed by atoms with E-state index in [1.807, 2.05) is 6.92 Å². The molecule has 0 atom stereocenters. The van der Waals surface area contributed by atoms with Crippen LogP contribution in [-0.4, -0.2) is 111 Å². The highest BCUT2D eigenvalue weighted by atomic mass is 35.5. The molecule has 0 aromatic rings. The van der Waals surface area contributed by atoms with Gasteiger partial charge in [0.15, 0.2) is 0 Å². The number of hydrogen-bond acceptors (Lipinski definition) is 9. The van der Waals surface area contributed by atoms with E-state index in [0.29, 0.717) is 105 Å². The molecule has 0 aromatic carbocycles. The summed E-state index contributed by atoms with van der Waals surface area (Å²) in [5.74, 6) is 0.315. The summed E-state index contributed by atoms with van der Waals surface area (Å²) in [6.45, 7) is 9.29. The van der Waals surface area contributed by atoms with Crippen LogP contribution in [-0.2, 0) is 42.7 Å². The molecule has 10 heteroatoms. The Balaban J connectivity index is 3.03. The molecule has 0 radical (unpaired) electrons. The van der Waals surface area contributed by atoms with Crippen LogP contribution in [0.5, 0.6) is 0 Å². The van der Waals surface area contributed by atoms with Gasteiger partial charge in [-0.2, -0.15) is 0 Å². The first kappa shape index (κ1) is 29.5. The zero-order chi connectivity index (χ0) is 22.0. The molecule has 0 aromatic heterocycles. The van der Waals surface area contributed by atoms with Gasteiger partial charge in [-0.3, -0.25) is 4.79 Å². The Morgan fingerprint density at radius 1 is 0.533 bits per heavy atom. The van der Waals surface area contributed by atoms with E-state index in [1.165, 1.54) is 0 Å². The van der Waals surface area contributed by atoms with Gasteiger partial charge in [0.25, 0.3) is 0 Å². The Morgan fingerprint density at radius 2 is 0.833 bits per heavy atom.